The Balaban J connectivity index is 1.86. The van der Waals surface area contributed by atoms with E-state index in [1.54, 1.807) is 5.92 Å². The molecular weight excluding hydrogens is 532 g/mol. The van der Waals surface area contributed by atoms with Gasteiger partial charge in [0, 0.05) is 6.20 Å². The minimum absolute atomic E-state index is 0.0528. The lowest BCUT2D eigenvalue weighted by atomic mass is 9.94. The first kappa shape index (κ1) is 26.8. The Kier molecular flexibility index (Phi) is 6.86. The number of alkyl halides is 1. The second kappa shape index (κ2) is 8.70. The molecule has 0 spiro atoms. The Morgan fingerprint density at radius 2 is 1.88 bits per heavy atom. The van der Waals surface area contributed by atoms with E-state index in [1.165, 1.54) is 12.3 Å². The highest BCUT2D eigenvalue weighted by molar-refractivity contribution is 7.66. The molecule has 0 aliphatic carbocycles. The fourth-order valence-electron chi connectivity index (χ4n) is 2.93. The number of aromatic nitrogens is 3. The fourth-order valence-corrected chi connectivity index (χ4v) is 5.97. The summed E-state index contributed by atoms with van der Waals surface area (Å²) >= 11 is 0. The zero-order valence-corrected chi connectivity index (χ0v) is 19.0. The number of imidazole rings is 1. The van der Waals surface area contributed by atoms with Crippen LogP contribution in [-0.2, 0) is 31.6 Å². The van der Waals surface area contributed by atoms with Crippen LogP contribution in [0.25, 0.3) is 11.2 Å². The molecule has 188 valence electrons. The van der Waals surface area contributed by atoms with E-state index in [4.69, 9.17) is 31.6 Å². The van der Waals surface area contributed by atoms with Gasteiger partial charge in [0.2, 0.25) is 5.60 Å². The topological polar surface area (TPSA) is 266 Å². The van der Waals surface area contributed by atoms with Crippen molar-refractivity contribution in [1.82, 2.24) is 14.5 Å². The van der Waals surface area contributed by atoms with Crippen molar-refractivity contribution >= 4 is 40.3 Å². The van der Waals surface area contributed by atoms with Crippen LogP contribution in [0.1, 0.15) is 6.23 Å². The van der Waals surface area contributed by atoms with Crippen LogP contribution in [0.15, 0.2) is 18.6 Å². The third kappa shape index (κ3) is 5.23. The van der Waals surface area contributed by atoms with Crippen LogP contribution in [0, 0.1) is 12.3 Å². The molecule has 2 unspecified atom stereocenters. The number of pyridine rings is 1. The molecular formula is C13H16FN4O13P3. The van der Waals surface area contributed by atoms with Gasteiger partial charge in [0.05, 0.1) is 12.0 Å². The van der Waals surface area contributed by atoms with Gasteiger partial charge in [0.25, 0.3) is 5.85 Å². The molecule has 0 saturated carbocycles. The van der Waals surface area contributed by atoms with Gasteiger partial charge in [-0.05, 0) is 6.07 Å². The summed E-state index contributed by atoms with van der Waals surface area (Å²) in [6.45, 7) is -1.75. The van der Waals surface area contributed by atoms with Gasteiger partial charge in [0.15, 0.2) is 18.0 Å². The molecule has 2 aromatic rings. The summed E-state index contributed by atoms with van der Waals surface area (Å²) in [7, 11) is -17.3. The minimum atomic E-state index is -5.89. The van der Waals surface area contributed by atoms with Crippen molar-refractivity contribution in [2.24, 2.45) is 0 Å². The van der Waals surface area contributed by atoms with Gasteiger partial charge < -0.3 is 40.3 Å². The summed E-state index contributed by atoms with van der Waals surface area (Å²) in [5.74, 6) is -1.80. The van der Waals surface area contributed by atoms with Crippen molar-refractivity contribution in [2.45, 2.75) is 23.8 Å². The molecule has 0 radical (unpaired) electrons. The number of halogens is 1. The molecule has 34 heavy (non-hydrogen) atoms. The number of hydrogen-bond donors (Lipinski definition) is 7. The highest BCUT2D eigenvalue weighted by Gasteiger charge is 2.65. The fraction of sp³-hybridized carbons (Fsp3) is 0.385. The van der Waals surface area contributed by atoms with Gasteiger partial charge in [-0.15, -0.1) is 6.42 Å². The molecule has 3 heterocycles. The number of anilines is 1. The molecule has 17 nitrogen and oxygen atoms in total. The average Bonchev–Trinajstić information content (AvgIpc) is 3.19. The lowest BCUT2D eigenvalue weighted by Gasteiger charge is -2.26. The van der Waals surface area contributed by atoms with Crippen molar-refractivity contribution in [1.29, 1.82) is 0 Å². The Morgan fingerprint density at radius 3 is 2.47 bits per heavy atom. The normalized spacial score (nSPS) is 31.1. The van der Waals surface area contributed by atoms with Gasteiger partial charge in [-0.2, -0.15) is 8.62 Å². The first-order valence-corrected chi connectivity index (χ1v) is 13.1. The zero-order valence-electron chi connectivity index (χ0n) is 16.4. The van der Waals surface area contributed by atoms with Gasteiger partial charge in [0.1, 0.15) is 12.1 Å². The van der Waals surface area contributed by atoms with Crippen LogP contribution in [0.2, 0.25) is 0 Å². The molecule has 2 aromatic heterocycles. The molecule has 0 aromatic carbocycles. The molecule has 1 saturated heterocycles. The van der Waals surface area contributed by atoms with Crippen molar-refractivity contribution in [3.8, 4) is 12.3 Å². The largest absolute Gasteiger partial charge is 0.490 e. The number of hydrogen-bond acceptors (Lipinski definition) is 12. The zero-order chi connectivity index (χ0) is 25.7. The molecule has 0 amide bonds. The van der Waals surface area contributed by atoms with Crippen molar-refractivity contribution < 1.29 is 65.8 Å². The first-order valence-electron chi connectivity index (χ1n) is 8.53. The highest BCUT2D eigenvalue weighted by atomic mass is 31.3. The third-order valence-corrected chi connectivity index (χ3v) is 8.11. The standard InChI is InChI=1S/C13H16FN4O13P3/c1-2-12(20)10(19)13(14,5-28-33(24,25)31-34(26,27)30-32(21,22)23)29-11(12)18-6-17-8-7(15)3-4-16-9(8)18/h1,3-4,6,10-11,19-20H,5H2,(H2,15,16)(H,24,25)(H,26,27)(H2,21,22,23)/t10-,11+,12+,13+/m0/s1. The van der Waals surface area contributed by atoms with E-state index in [-0.39, 0.29) is 16.9 Å². The van der Waals surface area contributed by atoms with Gasteiger partial charge in [-0.25, -0.2) is 28.1 Å². The van der Waals surface area contributed by atoms with E-state index in [2.05, 4.69) is 23.1 Å². The maximum Gasteiger partial charge on any atom is 0.490 e. The minimum Gasteiger partial charge on any atom is -0.397 e. The molecule has 3 rings (SSSR count). The van der Waals surface area contributed by atoms with E-state index in [9.17, 15) is 28.8 Å². The van der Waals surface area contributed by atoms with Crippen LogP contribution in [0.5, 0.6) is 0 Å². The summed E-state index contributed by atoms with van der Waals surface area (Å²) in [5, 5.41) is 21.1. The third-order valence-electron chi connectivity index (χ3n) is 4.33. The Bertz CT molecular complexity index is 1290. The number of nitrogens with two attached hydrogens (primary N) is 1. The number of aliphatic hydroxyl groups excluding tert-OH is 1. The van der Waals surface area contributed by atoms with Gasteiger partial charge in [-0.3, -0.25) is 9.09 Å². The number of nitrogens with zero attached hydrogens (tertiary/aromatic N) is 3. The monoisotopic (exact) mass is 548 g/mol. The SMILES string of the molecule is C#C[C@]1(O)[C@H](n2cnc3c(N)ccnc32)O[C@](F)(COP(=O)(O)OP(=O)(O)OP(=O)(O)O)[C@H]1O. The van der Waals surface area contributed by atoms with Crippen LogP contribution < -0.4 is 5.73 Å². The van der Waals surface area contributed by atoms with E-state index >= 15 is 4.39 Å². The molecule has 1 aliphatic rings. The van der Waals surface area contributed by atoms with E-state index in [1.807, 2.05) is 0 Å². The number of rotatable bonds is 8. The van der Waals surface area contributed by atoms with Gasteiger partial charge in [-0.1, -0.05) is 5.92 Å². The highest BCUT2D eigenvalue weighted by Crippen LogP contribution is 2.66. The average molecular weight is 548 g/mol. The first-order chi connectivity index (χ1) is 15.4. The van der Waals surface area contributed by atoms with E-state index in [0.717, 1.165) is 10.9 Å². The second-order valence-corrected chi connectivity index (χ2v) is 11.1. The Labute approximate surface area is 188 Å². The number of aliphatic hydroxyl groups is 2. The lowest BCUT2D eigenvalue weighted by Crippen LogP contribution is -2.50. The Hall–Kier alpha value is -1.80. The summed E-state index contributed by atoms with van der Waals surface area (Å²) < 4.78 is 66.4. The van der Waals surface area contributed by atoms with Crippen LogP contribution in [0.3, 0.4) is 0 Å². The maximum atomic E-state index is 15.4. The maximum absolute atomic E-state index is 15.4. The van der Waals surface area contributed by atoms with Crippen molar-refractivity contribution in [3.05, 3.63) is 18.6 Å². The number of fused-ring (bicyclic) bond motifs is 1. The summed E-state index contributed by atoms with van der Waals surface area (Å²) in [6, 6.07) is 1.39. The Morgan fingerprint density at radius 1 is 1.24 bits per heavy atom. The molecule has 21 heteroatoms. The number of phosphoric ester groups is 1. The van der Waals surface area contributed by atoms with Crippen molar-refractivity contribution in [3.63, 3.8) is 0 Å². The quantitative estimate of drug-likeness (QED) is 0.158. The van der Waals surface area contributed by atoms with Crippen LogP contribution >= 0.6 is 23.5 Å². The number of ether oxygens (including phenoxy) is 1. The summed E-state index contributed by atoms with van der Waals surface area (Å²) in [5.41, 5.74) is 3.11. The predicted octanol–water partition coefficient (Wildman–Crippen LogP) is -0.723. The summed E-state index contributed by atoms with van der Waals surface area (Å²) in [4.78, 5) is 43.6. The van der Waals surface area contributed by atoms with E-state index < -0.39 is 53.9 Å². The smallest absolute Gasteiger partial charge is 0.397 e. The number of terminal acetylenes is 1. The van der Waals surface area contributed by atoms with Crippen LogP contribution in [0.4, 0.5) is 10.1 Å². The van der Waals surface area contributed by atoms with E-state index in [0.29, 0.717) is 0 Å². The lowest BCUT2D eigenvalue weighted by molar-refractivity contribution is -0.203. The molecule has 1 aliphatic heterocycles. The van der Waals surface area contributed by atoms with Gasteiger partial charge >= 0.3 is 23.5 Å². The molecule has 8 N–H and O–H groups in total. The predicted molar refractivity (Wildman–Crippen MR) is 106 cm³/mol. The molecule has 1 fully saturated rings. The second-order valence-electron chi connectivity index (χ2n) is 6.72. The van der Waals surface area contributed by atoms with Crippen LogP contribution in [-0.4, -0.2) is 68.5 Å². The number of nitrogen functional groups attached to an aromatic ring is 1. The molecule has 0 bridgehead atoms. The summed E-state index contributed by atoms with van der Waals surface area (Å²) in [6.07, 6.45) is 2.91. The van der Waals surface area contributed by atoms with Crippen molar-refractivity contribution in [2.75, 3.05) is 12.3 Å². The number of phosphoric acid groups is 3. The molecule has 6 atom stereocenters.